The second kappa shape index (κ2) is 13.3. The molecule has 1 saturated heterocycles. The summed E-state index contributed by atoms with van der Waals surface area (Å²) < 4.78 is 16.1. The Bertz CT molecular complexity index is 1650. The molecule has 6 N–H and O–H groups in total. The first-order chi connectivity index (χ1) is 22.2. The SMILES string of the molecule is NCCCCCNC(=O)c1ccc(NC(=O)C2NC3(CCCCC3)C3(C(=O)Nc4cc(Cl)ccc43)C2c2cccc(Cl)c2F)cc1. The van der Waals surface area contributed by atoms with E-state index in [2.05, 4.69) is 21.3 Å². The van der Waals surface area contributed by atoms with Crippen LogP contribution in [0.15, 0.2) is 60.7 Å². The lowest BCUT2D eigenvalue weighted by Crippen LogP contribution is -2.60. The van der Waals surface area contributed by atoms with E-state index in [4.69, 9.17) is 28.9 Å². The lowest BCUT2D eigenvalue weighted by Gasteiger charge is -2.47. The van der Waals surface area contributed by atoms with Gasteiger partial charge in [0.1, 0.15) is 11.2 Å². The van der Waals surface area contributed by atoms with Gasteiger partial charge in [-0.1, -0.05) is 67.1 Å². The van der Waals surface area contributed by atoms with Gasteiger partial charge < -0.3 is 21.7 Å². The van der Waals surface area contributed by atoms with Crippen LogP contribution in [0.3, 0.4) is 0 Å². The summed E-state index contributed by atoms with van der Waals surface area (Å²) in [5, 5.41) is 12.9. The number of nitrogens with one attached hydrogen (secondary N) is 4. The minimum atomic E-state index is -1.31. The Morgan fingerprint density at radius 1 is 0.978 bits per heavy atom. The molecule has 6 rings (SSSR count). The van der Waals surface area contributed by atoms with Crippen molar-refractivity contribution in [3.05, 3.63) is 93.2 Å². The molecular weight excluding hydrogens is 628 g/mol. The van der Waals surface area contributed by atoms with E-state index in [9.17, 15) is 14.4 Å². The number of fused-ring (bicyclic) bond motifs is 3. The second-order valence-corrected chi connectivity index (χ2v) is 13.4. The predicted molar refractivity (Wildman–Crippen MR) is 179 cm³/mol. The van der Waals surface area contributed by atoms with Crippen LogP contribution in [0, 0.1) is 5.82 Å². The number of carbonyl (C=O) groups excluding carboxylic acids is 3. The Morgan fingerprint density at radius 2 is 1.74 bits per heavy atom. The van der Waals surface area contributed by atoms with Gasteiger partial charge in [0.25, 0.3) is 5.91 Å². The molecule has 242 valence electrons. The number of halogens is 3. The van der Waals surface area contributed by atoms with Gasteiger partial charge in [-0.2, -0.15) is 0 Å². The number of anilines is 2. The number of benzene rings is 3. The lowest BCUT2D eigenvalue weighted by molar-refractivity contribution is -0.124. The van der Waals surface area contributed by atoms with Crippen LogP contribution >= 0.6 is 23.2 Å². The van der Waals surface area contributed by atoms with Gasteiger partial charge in [0, 0.05) is 40.0 Å². The number of carbonyl (C=O) groups is 3. The zero-order chi connectivity index (χ0) is 32.5. The van der Waals surface area contributed by atoms with Gasteiger partial charge >= 0.3 is 0 Å². The van der Waals surface area contributed by atoms with E-state index in [1.165, 1.54) is 6.07 Å². The maximum absolute atomic E-state index is 16.1. The molecule has 3 unspecified atom stereocenters. The van der Waals surface area contributed by atoms with Crippen LogP contribution in [0.2, 0.25) is 10.0 Å². The van der Waals surface area contributed by atoms with E-state index in [0.29, 0.717) is 53.5 Å². The van der Waals surface area contributed by atoms with Crippen LogP contribution in [0.5, 0.6) is 0 Å². The van der Waals surface area contributed by atoms with Crippen molar-refractivity contribution in [3.63, 3.8) is 0 Å². The standard InChI is InChI=1S/C35H38Cl2FN5O3/c36-22-12-15-25-27(20-22)42-33(46)35(25)28(24-8-7-9-26(37)29(24)38)30(43-34(35)16-3-1-4-17-34)32(45)41-23-13-10-21(11-14-23)31(44)40-19-6-2-5-18-39/h7-15,20,28,30,43H,1-6,16-19,39H2,(H,40,44)(H,41,45)(H,42,46). The number of nitrogens with two attached hydrogens (primary N) is 1. The Hall–Kier alpha value is -3.50. The average molecular weight is 667 g/mol. The summed E-state index contributed by atoms with van der Waals surface area (Å²) in [6.45, 7) is 1.18. The molecule has 8 nitrogen and oxygen atoms in total. The van der Waals surface area contributed by atoms with Gasteiger partial charge in [0.05, 0.1) is 11.1 Å². The number of amides is 3. The molecule has 3 aliphatic rings. The molecular formula is C35H38Cl2FN5O3. The minimum absolute atomic E-state index is 0.0839. The second-order valence-electron chi connectivity index (χ2n) is 12.5. The van der Waals surface area contributed by atoms with Crippen LogP contribution < -0.4 is 27.0 Å². The van der Waals surface area contributed by atoms with Gasteiger partial charge in [0.2, 0.25) is 11.8 Å². The molecule has 0 radical (unpaired) electrons. The largest absolute Gasteiger partial charge is 0.352 e. The Balaban J connectivity index is 1.36. The van der Waals surface area contributed by atoms with Crippen molar-refractivity contribution in [2.75, 3.05) is 23.7 Å². The van der Waals surface area contributed by atoms with Crippen LogP contribution in [0.1, 0.15) is 78.8 Å². The molecule has 2 heterocycles. The first-order valence-corrected chi connectivity index (χ1v) is 16.7. The molecule has 0 bridgehead atoms. The van der Waals surface area contributed by atoms with Crippen LogP contribution in [-0.2, 0) is 15.0 Å². The molecule has 2 fully saturated rings. The smallest absolute Gasteiger partial charge is 0.251 e. The van der Waals surface area contributed by atoms with E-state index in [1.54, 1.807) is 48.5 Å². The monoisotopic (exact) mass is 665 g/mol. The minimum Gasteiger partial charge on any atom is -0.352 e. The first-order valence-electron chi connectivity index (χ1n) is 15.9. The van der Waals surface area contributed by atoms with Crippen molar-refractivity contribution in [1.29, 1.82) is 0 Å². The Kier molecular flexibility index (Phi) is 9.39. The summed E-state index contributed by atoms with van der Waals surface area (Å²) in [5.74, 6) is -2.51. The molecule has 11 heteroatoms. The molecule has 2 aliphatic heterocycles. The number of hydrogen-bond acceptors (Lipinski definition) is 5. The quantitative estimate of drug-likeness (QED) is 0.172. The highest BCUT2D eigenvalue weighted by molar-refractivity contribution is 6.31. The predicted octanol–water partition coefficient (Wildman–Crippen LogP) is 6.28. The van der Waals surface area contributed by atoms with Crippen molar-refractivity contribution < 1.29 is 18.8 Å². The first kappa shape index (κ1) is 32.4. The van der Waals surface area contributed by atoms with Crippen LogP contribution in [0.4, 0.5) is 15.8 Å². The Labute approximate surface area is 278 Å². The number of rotatable bonds is 9. The topological polar surface area (TPSA) is 125 Å². The normalized spacial score (nSPS) is 22.9. The lowest BCUT2D eigenvalue weighted by atomic mass is 9.55. The van der Waals surface area contributed by atoms with E-state index in [-0.39, 0.29) is 22.4 Å². The highest BCUT2D eigenvalue weighted by atomic mass is 35.5. The van der Waals surface area contributed by atoms with E-state index in [1.807, 2.05) is 6.07 Å². The molecule has 0 aromatic heterocycles. The van der Waals surface area contributed by atoms with Gasteiger partial charge in [-0.15, -0.1) is 0 Å². The number of unbranched alkanes of at least 4 members (excludes halogenated alkanes) is 2. The number of hydrogen-bond donors (Lipinski definition) is 5. The summed E-state index contributed by atoms with van der Waals surface area (Å²) in [7, 11) is 0. The van der Waals surface area contributed by atoms with Crippen LogP contribution in [-0.4, -0.2) is 42.4 Å². The van der Waals surface area contributed by atoms with E-state index >= 15 is 4.39 Å². The Morgan fingerprint density at radius 3 is 2.48 bits per heavy atom. The van der Waals surface area contributed by atoms with Crippen molar-refractivity contribution >= 4 is 52.3 Å². The van der Waals surface area contributed by atoms with Gasteiger partial charge in [0.15, 0.2) is 0 Å². The van der Waals surface area contributed by atoms with Crippen LogP contribution in [0.25, 0.3) is 0 Å². The summed E-state index contributed by atoms with van der Waals surface area (Å²) in [6, 6.07) is 15.6. The summed E-state index contributed by atoms with van der Waals surface area (Å²) in [5.41, 5.74) is 5.77. The molecule has 3 atom stereocenters. The molecule has 1 aliphatic carbocycles. The third kappa shape index (κ3) is 5.57. The van der Waals surface area contributed by atoms with Gasteiger partial charge in [-0.3, -0.25) is 19.7 Å². The maximum Gasteiger partial charge on any atom is 0.251 e. The van der Waals surface area contributed by atoms with E-state index in [0.717, 1.165) is 38.5 Å². The van der Waals surface area contributed by atoms with Crippen molar-refractivity contribution in [2.45, 2.75) is 74.3 Å². The summed E-state index contributed by atoms with van der Waals surface area (Å²) in [4.78, 5) is 41.4. The van der Waals surface area contributed by atoms with Crippen molar-refractivity contribution in [1.82, 2.24) is 10.6 Å². The van der Waals surface area contributed by atoms with E-state index < -0.39 is 34.6 Å². The van der Waals surface area contributed by atoms with Crippen molar-refractivity contribution in [3.8, 4) is 0 Å². The molecule has 46 heavy (non-hydrogen) atoms. The average Bonchev–Trinajstić information content (AvgIpc) is 3.50. The molecule has 1 saturated carbocycles. The maximum atomic E-state index is 16.1. The summed E-state index contributed by atoms with van der Waals surface area (Å²) >= 11 is 12.7. The third-order valence-electron chi connectivity index (χ3n) is 9.89. The zero-order valence-electron chi connectivity index (χ0n) is 25.4. The highest BCUT2D eigenvalue weighted by Crippen LogP contribution is 2.62. The highest BCUT2D eigenvalue weighted by Gasteiger charge is 2.72. The zero-order valence-corrected chi connectivity index (χ0v) is 26.9. The fourth-order valence-electron chi connectivity index (χ4n) is 7.89. The van der Waals surface area contributed by atoms with Gasteiger partial charge in [-0.05, 0) is 85.8 Å². The third-order valence-corrected chi connectivity index (χ3v) is 10.4. The molecule has 3 aromatic rings. The van der Waals surface area contributed by atoms with Crippen molar-refractivity contribution in [2.24, 2.45) is 5.73 Å². The fourth-order valence-corrected chi connectivity index (χ4v) is 8.25. The van der Waals surface area contributed by atoms with Gasteiger partial charge in [-0.25, -0.2) is 4.39 Å². The summed E-state index contributed by atoms with van der Waals surface area (Å²) in [6.07, 6.45) is 6.65. The fraction of sp³-hybridized carbons (Fsp3) is 0.400. The molecule has 3 amide bonds. The molecule has 2 spiro atoms. The molecule has 3 aromatic carbocycles.